The van der Waals surface area contributed by atoms with E-state index in [9.17, 15) is 9.59 Å². The van der Waals surface area contributed by atoms with E-state index in [2.05, 4.69) is 15.1 Å². The van der Waals surface area contributed by atoms with E-state index in [1.807, 2.05) is 23.8 Å². The smallest absolute Gasteiger partial charge is 0.274 e. The Hall–Kier alpha value is -2.77. The fourth-order valence-corrected chi connectivity index (χ4v) is 4.35. The van der Waals surface area contributed by atoms with Crippen molar-refractivity contribution < 1.29 is 9.59 Å². The number of hydrogen-bond donors (Lipinski definition) is 0. The van der Waals surface area contributed by atoms with Gasteiger partial charge >= 0.3 is 0 Å². The van der Waals surface area contributed by atoms with E-state index in [4.69, 9.17) is 0 Å². The summed E-state index contributed by atoms with van der Waals surface area (Å²) in [5.41, 5.74) is 2.10. The van der Waals surface area contributed by atoms with Crippen molar-refractivity contribution in [3.63, 3.8) is 0 Å². The Balaban J connectivity index is 1.47. The number of amides is 2. The van der Waals surface area contributed by atoms with Crippen molar-refractivity contribution in [1.82, 2.24) is 29.5 Å². The summed E-state index contributed by atoms with van der Waals surface area (Å²) >= 11 is 0. The van der Waals surface area contributed by atoms with Gasteiger partial charge in [0.05, 0.1) is 24.1 Å². The molecule has 0 aromatic carbocycles. The first-order chi connectivity index (χ1) is 13.4. The molecule has 2 aliphatic heterocycles. The fourth-order valence-electron chi connectivity index (χ4n) is 4.35. The lowest BCUT2D eigenvalue weighted by Crippen LogP contribution is -2.54. The Morgan fingerprint density at radius 1 is 1.21 bits per heavy atom. The molecule has 2 fully saturated rings. The van der Waals surface area contributed by atoms with Crippen LogP contribution in [0.1, 0.15) is 47.6 Å². The monoisotopic (exact) mass is 382 g/mol. The number of likely N-dealkylation sites (tertiary alicyclic amines) is 2. The van der Waals surface area contributed by atoms with Crippen molar-refractivity contribution >= 4 is 11.8 Å². The van der Waals surface area contributed by atoms with Gasteiger partial charge in [0, 0.05) is 50.9 Å². The maximum Gasteiger partial charge on any atom is 0.274 e. The van der Waals surface area contributed by atoms with Gasteiger partial charge in [0.15, 0.2) is 0 Å². The Labute approximate surface area is 164 Å². The van der Waals surface area contributed by atoms with Crippen LogP contribution in [-0.2, 0) is 18.4 Å². The second-order valence-corrected chi connectivity index (χ2v) is 8.10. The van der Waals surface area contributed by atoms with E-state index in [1.54, 1.807) is 29.3 Å². The lowest BCUT2D eigenvalue weighted by molar-refractivity contribution is -0.139. The zero-order valence-corrected chi connectivity index (χ0v) is 16.5. The molecule has 0 saturated carbocycles. The predicted octanol–water partition coefficient (Wildman–Crippen LogP) is 1.56. The van der Waals surface area contributed by atoms with Gasteiger partial charge in [-0.3, -0.25) is 24.2 Å². The van der Waals surface area contributed by atoms with E-state index >= 15 is 0 Å². The van der Waals surface area contributed by atoms with Gasteiger partial charge in [0.1, 0.15) is 5.69 Å². The second-order valence-electron chi connectivity index (χ2n) is 8.10. The van der Waals surface area contributed by atoms with Crippen LogP contribution >= 0.6 is 0 Å². The maximum absolute atomic E-state index is 12.9. The van der Waals surface area contributed by atoms with Crippen molar-refractivity contribution in [3.05, 3.63) is 41.7 Å². The average Bonchev–Trinajstić information content (AvgIpc) is 3.13. The molecule has 4 rings (SSSR count). The normalized spacial score (nSPS) is 22.7. The van der Waals surface area contributed by atoms with Gasteiger partial charge in [-0.2, -0.15) is 5.10 Å². The molecule has 0 unspecified atom stereocenters. The molecule has 2 aromatic rings. The number of carbonyl (C=O) groups is 2. The third-order valence-corrected chi connectivity index (χ3v) is 5.82. The highest BCUT2D eigenvalue weighted by atomic mass is 16.2. The van der Waals surface area contributed by atoms with E-state index in [-0.39, 0.29) is 17.2 Å². The van der Waals surface area contributed by atoms with Gasteiger partial charge in [-0.15, -0.1) is 0 Å². The highest BCUT2D eigenvalue weighted by Gasteiger charge is 2.43. The highest BCUT2D eigenvalue weighted by molar-refractivity contribution is 5.92. The number of carbonyl (C=O) groups excluding carboxylic acids is 2. The number of hydrogen-bond acceptors (Lipinski definition) is 5. The minimum Gasteiger partial charge on any atom is -0.337 e. The minimum absolute atomic E-state index is 0.0208. The van der Waals surface area contributed by atoms with Crippen LogP contribution in [0.4, 0.5) is 0 Å². The topological polar surface area (TPSA) is 84.2 Å². The van der Waals surface area contributed by atoms with E-state index < -0.39 is 0 Å². The molecule has 1 spiro atoms. The number of piperidine rings is 2. The van der Waals surface area contributed by atoms with Crippen LogP contribution in [0.2, 0.25) is 0 Å². The summed E-state index contributed by atoms with van der Waals surface area (Å²) in [7, 11) is 1.81. The van der Waals surface area contributed by atoms with Crippen LogP contribution in [0.3, 0.4) is 0 Å². The second kappa shape index (κ2) is 7.33. The molecule has 0 N–H and O–H groups in total. The molecule has 8 nitrogen and oxygen atoms in total. The largest absolute Gasteiger partial charge is 0.337 e. The van der Waals surface area contributed by atoms with Crippen molar-refractivity contribution in [2.24, 2.45) is 12.5 Å². The van der Waals surface area contributed by atoms with Crippen LogP contribution < -0.4 is 0 Å². The first-order valence-electron chi connectivity index (χ1n) is 9.78. The molecule has 8 heteroatoms. The lowest BCUT2D eigenvalue weighted by atomic mass is 9.73. The number of aryl methyl sites for hydroxylation is 2. The zero-order chi connectivity index (χ0) is 19.7. The summed E-state index contributed by atoms with van der Waals surface area (Å²) in [5, 5.41) is 4.26. The third-order valence-electron chi connectivity index (χ3n) is 5.82. The summed E-state index contributed by atoms with van der Waals surface area (Å²) < 4.78 is 1.65. The van der Waals surface area contributed by atoms with Crippen molar-refractivity contribution in [1.29, 1.82) is 0 Å². The Morgan fingerprint density at radius 3 is 2.79 bits per heavy atom. The molecule has 28 heavy (non-hydrogen) atoms. The van der Waals surface area contributed by atoms with E-state index in [1.165, 1.54) is 0 Å². The molecule has 0 bridgehead atoms. The Morgan fingerprint density at radius 2 is 2.07 bits per heavy atom. The molecule has 1 atom stereocenters. The summed E-state index contributed by atoms with van der Waals surface area (Å²) in [6.45, 7) is 4.45. The lowest BCUT2D eigenvalue weighted by Gasteiger charge is -2.48. The van der Waals surface area contributed by atoms with Gasteiger partial charge in [-0.05, 0) is 32.3 Å². The van der Waals surface area contributed by atoms with Crippen LogP contribution in [0.5, 0.6) is 0 Å². The number of aromatic nitrogens is 4. The van der Waals surface area contributed by atoms with Crippen LogP contribution in [0, 0.1) is 12.3 Å². The molecule has 4 heterocycles. The summed E-state index contributed by atoms with van der Waals surface area (Å²) in [6, 6.07) is 1.76. The molecule has 2 amide bonds. The van der Waals surface area contributed by atoms with Crippen molar-refractivity contribution in [2.75, 3.05) is 19.6 Å². The first kappa shape index (κ1) is 18.6. The van der Waals surface area contributed by atoms with Crippen molar-refractivity contribution in [2.45, 2.75) is 39.2 Å². The summed E-state index contributed by atoms with van der Waals surface area (Å²) in [4.78, 5) is 37.8. The van der Waals surface area contributed by atoms with Gasteiger partial charge < -0.3 is 9.80 Å². The standard InChI is InChI=1S/C20H26N6O2/c1-15-10-22-16(11-21-15)12-26-14-20(7-4-18(26)27)6-3-8-25(13-20)19(28)17-5-9-24(2)23-17/h5,9-11H,3-4,6-8,12-14H2,1-2H3/t20-/m1/s1. The van der Waals surface area contributed by atoms with Crippen LogP contribution in [0.25, 0.3) is 0 Å². The molecule has 2 aliphatic rings. The quantitative estimate of drug-likeness (QED) is 0.804. The maximum atomic E-state index is 12.9. The highest BCUT2D eigenvalue weighted by Crippen LogP contribution is 2.39. The van der Waals surface area contributed by atoms with Crippen LogP contribution in [0.15, 0.2) is 24.7 Å². The summed E-state index contributed by atoms with van der Waals surface area (Å²) in [6.07, 6.45) is 8.58. The minimum atomic E-state index is -0.0469. The van der Waals surface area contributed by atoms with Gasteiger partial charge in [-0.25, -0.2) is 0 Å². The molecule has 148 valence electrons. The number of rotatable bonds is 3. The van der Waals surface area contributed by atoms with Gasteiger partial charge in [0.25, 0.3) is 5.91 Å². The average molecular weight is 382 g/mol. The van der Waals surface area contributed by atoms with Crippen LogP contribution in [-0.4, -0.2) is 61.0 Å². The first-order valence-corrected chi connectivity index (χ1v) is 9.78. The summed E-state index contributed by atoms with van der Waals surface area (Å²) in [5.74, 6) is 0.133. The SMILES string of the molecule is Cc1cnc(CN2C[C@]3(CCCN(C(=O)c4ccn(C)n4)C3)CCC2=O)cn1. The molecular weight excluding hydrogens is 356 g/mol. The predicted molar refractivity (Wildman–Crippen MR) is 102 cm³/mol. The Bertz CT molecular complexity index is 877. The molecular formula is C20H26N6O2. The van der Waals surface area contributed by atoms with Gasteiger partial charge in [-0.1, -0.05) is 0 Å². The van der Waals surface area contributed by atoms with Crippen molar-refractivity contribution in [3.8, 4) is 0 Å². The third kappa shape index (κ3) is 3.76. The fraction of sp³-hybridized carbons (Fsp3) is 0.550. The molecule has 2 aromatic heterocycles. The Kier molecular flexibility index (Phi) is 4.87. The van der Waals surface area contributed by atoms with Gasteiger partial charge in [0.2, 0.25) is 5.91 Å². The van der Waals surface area contributed by atoms with E-state index in [0.717, 1.165) is 37.2 Å². The zero-order valence-electron chi connectivity index (χ0n) is 16.5. The molecule has 0 radical (unpaired) electrons. The number of nitrogens with zero attached hydrogens (tertiary/aromatic N) is 6. The van der Waals surface area contributed by atoms with E-state index in [0.29, 0.717) is 31.7 Å². The molecule has 0 aliphatic carbocycles. The molecule has 2 saturated heterocycles.